The quantitative estimate of drug-likeness (QED) is 0.0964. The first-order chi connectivity index (χ1) is 20.6. The summed E-state index contributed by atoms with van der Waals surface area (Å²) in [5, 5.41) is 11.1. The van der Waals surface area contributed by atoms with E-state index in [4.69, 9.17) is 15.2 Å². The fourth-order valence-corrected chi connectivity index (χ4v) is 4.67. The lowest BCUT2D eigenvalue weighted by Gasteiger charge is -2.26. The van der Waals surface area contributed by atoms with Gasteiger partial charge in [-0.25, -0.2) is 9.59 Å². The van der Waals surface area contributed by atoms with Gasteiger partial charge in [0.05, 0.1) is 6.61 Å². The summed E-state index contributed by atoms with van der Waals surface area (Å²) in [4.78, 5) is 63.7. The Hall–Kier alpha value is -3.93. The smallest absolute Gasteiger partial charge is 0.408 e. The van der Waals surface area contributed by atoms with Crippen molar-refractivity contribution < 1.29 is 33.4 Å². The zero-order valence-electron chi connectivity index (χ0n) is 25.4. The number of rotatable bonds is 18. The molecule has 43 heavy (non-hydrogen) atoms. The Morgan fingerprint density at radius 1 is 1.02 bits per heavy atom. The molecule has 12 nitrogen and oxygen atoms in total. The van der Waals surface area contributed by atoms with Crippen LogP contribution in [0.15, 0.2) is 42.5 Å². The van der Waals surface area contributed by atoms with Crippen LogP contribution in [0.4, 0.5) is 4.79 Å². The molecular weight excluding hydrogens is 554 g/mol. The minimum absolute atomic E-state index is 0.0436. The van der Waals surface area contributed by atoms with Gasteiger partial charge in [-0.2, -0.15) is 0 Å². The highest BCUT2D eigenvalue weighted by molar-refractivity contribution is 5.91. The topological polar surface area (TPSA) is 178 Å². The summed E-state index contributed by atoms with van der Waals surface area (Å²) >= 11 is 0. The number of carbonyl (C=O) groups is 5. The molecule has 1 aromatic rings. The first kappa shape index (κ1) is 35.3. The van der Waals surface area contributed by atoms with Gasteiger partial charge in [0, 0.05) is 24.6 Å². The van der Waals surface area contributed by atoms with Gasteiger partial charge in [0.25, 0.3) is 0 Å². The Bertz CT molecular complexity index is 1080. The maximum absolute atomic E-state index is 13.5. The first-order valence-corrected chi connectivity index (χ1v) is 15.0. The zero-order valence-corrected chi connectivity index (χ0v) is 25.4. The number of nitrogens with one attached hydrogen (secondary N) is 4. The minimum atomic E-state index is -0.945. The van der Waals surface area contributed by atoms with Crippen LogP contribution >= 0.6 is 0 Å². The summed E-state index contributed by atoms with van der Waals surface area (Å²) in [5.41, 5.74) is 6.43. The van der Waals surface area contributed by atoms with Crippen molar-refractivity contribution in [1.82, 2.24) is 21.3 Å². The molecule has 4 amide bonds. The molecule has 6 N–H and O–H groups in total. The predicted octanol–water partition coefficient (Wildman–Crippen LogP) is 2.07. The van der Waals surface area contributed by atoms with Crippen LogP contribution in [0.25, 0.3) is 0 Å². The molecule has 1 aromatic carbocycles. The van der Waals surface area contributed by atoms with Crippen molar-refractivity contribution in [3.05, 3.63) is 48.0 Å². The average molecular weight is 602 g/mol. The molecule has 1 heterocycles. The Labute approximate surface area is 253 Å². The molecule has 0 radical (unpaired) electrons. The number of esters is 1. The van der Waals surface area contributed by atoms with Crippen LogP contribution in [-0.2, 0) is 35.3 Å². The van der Waals surface area contributed by atoms with Gasteiger partial charge in [0.15, 0.2) is 0 Å². The van der Waals surface area contributed by atoms with Gasteiger partial charge >= 0.3 is 12.1 Å². The second-order valence-electron chi connectivity index (χ2n) is 11.0. The van der Waals surface area contributed by atoms with Crippen molar-refractivity contribution in [2.45, 2.75) is 84.0 Å². The van der Waals surface area contributed by atoms with Gasteiger partial charge in [0.2, 0.25) is 17.7 Å². The predicted molar refractivity (Wildman–Crippen MR) is 161 cm³/mol. The molecule has 1 aliphatic rings. The fraction of sp³-hybridized carbons (Fsp3) is 0.581. The van der Waals surface area contributed by atoms with E-state index in [2.05, 4.69) is 21.3 Å². The van der Waals surface area contributed by atoms with Crippen molar-refractivity contribution in [2.24, 2.45) is 17.6 Å². The molecule has 0 bridgehead atoms. The Morgan fingerprint density at radius 2 is 1.74 bits per heavy atom. The SMILES string of the molecule is CCOC(=O)C=C[C@H](CC1CCNC1=O)NC(=O)[C@H](CC(C)C)NC(=O)C(CCCCN)NC(=O)OCc1ccccc1. The van der Waals surface area contributed by atoms with E-state index in [-0.39, 0.29) is 37.4 Å². The third-order valence-corrected chi connectivity index (χ3v) is 6.89. The lowest BCUT2D eigenvalue weighted by Crippen LogP contribution is -2.55. The van der Waals surface area contributed by atoms with Gasteiger partial charge < -0.3 is 36.5 Å². The number of ether oxygens (including phenoxy) is 2. The molecule has 1 aliphatic heterocycles. The summed E-state index contributed by atoms with van der Waals surface area (Å²) in [6.45, 7) is 6.76. The van der Waals surface area contributed by atoms with E-state index >= 15 is 0 Å². The van der Waals surface area contributed by atoms with Crippen LogP contribution in [0.5, 0.6) is 0 Å². The maximum atomic E-state index is 13.5. The molecule has 2 rings (SSSR count). The summed E-state index contributed by atoms with van der Waals surface area (Å²) in [5.74, 6) is -1.94. The van der Waals surface area contributed by atoms with E-state index in [1.165, 1.54) is 12.2 Å². The van der Waals surface area contributed by atoms with Gasteiger partial charge in [-0.1, -0.05) is 50.3 Å². The van der Waals surface area contributed by atoms with E-state index < -0.39 is 42.0 Å². The molecule has 1 fully saturated rings. The third-order valence-electron chi connectivity index (χ3n) is 6.89. The lowest BCUT2D eigenvalue weighted by atomic mass is 9.96. The number of hydrogen-bond donors (Lipinski definition) is 5. The number of alkyl carbamates (subject to hydrolysis) is 1. The van der Waals surface area contributed by atoms with E-state index in [1.54, 1.807) is 6.92 Å². The van der Waals surface area contributed by atoms with Crippen LogP contribution in [0.1, 0.15) is 64.9 Å². The maximum Gasteiger partial charge on any atom is 0.408 e. The zero-order chi connectivity index (χ0) is 31.6. The average Bonchev–Trinajstić information content (AvgIpc) is 3.38. The van der Waals surface area contributed by atoms with Crippen molar-refractivity contribution in [1.29, 1.82) is 0 Å². The summed E-state index contributed by atoms with van der Waals surface area (Å²) in [6.07, 6.45) is 4.76. The van der Waals surface area contributed by atoms with Crippen LogP contribution in [0.3, 0.4) is 0 Å². The van der Waals surface area contributed by atoms with E-state index in [9.17, 15) is 24.0 Å². The number of nitrogens with two attached hydrogens (primary N) is 1. The second kappa shape index (κ2) is 19.3. The van der Waals surface area contributed by atoms with Crippen molar-refractivity contribution in [3.63, 3.8) is 0 Å². The van der Waals surface area contributed by atoms with E-state index in [0.717, 1.165) is 5.56 Å². The number of unbranched alkanes of at least 4 members (excludes halogenated alkanes) is 1. The van der Waals surface area contributed by atoms with Crippen LogP contribution in [0, 0.1) is 11.8 Å². The lowest BCUT2D eigenvalue weighted by molar-refractivity contribution is -0.137. The van der Waals surface area contributed by atoms with E-state index in [0.29, 0.717) is 45.2 Å². The first-order valence-electron chi connectivity index (χ1n) is 15.0. The normalized spacial score (nSPS) is 16.7. The van der Waals surface area contributed by atoms with Gasteiger partial charge in [-0.05, 0) is 63.5 Å². The molecule has 2 unspecified atom stereocenters. The molecule has 0 aliphatic carbocycles. The Balaban J connectivity index is 2.13. The minimum Gasteiger partial charge on any atom is -0.463 e. The van der Waals surface area contributed by atoms with Crippen molar-refractivity contribution >= 4 is 29.8 Å². The highest BCUT2D eigenvalue weighted by Gasteiger charge is 2.31. The summed E-state index contributed by atoms with van der Waals surface area (Å²) in [6, 6.07) is 6.64. The Morgan fingerprint density at radius 3 is 2.37 bits per heavy atom. The van der Waals surface area contributed by atoms with Gasteiger partial charge in [-0.3, -0.25) is 14.4 Å². The molecule has 0 saturated carbocycles. The third kappa shape index (κ3) is 13.7. The molecule has 238 valence electrons. The van der Waals surface area contributed by atoms with Crippen LogP contribution in [0.2, 0.25) is 0 Å². The largest absolute Gasteiger partial charge is 0.463 e. The number of benzene rings is 1. The van der Waals surface area contributed by atoms with Gasteiger partial charge in [-0.15, -0.1) is 0 Å². The standard InChI is InChI=1S/C31H47N5O7/c1-4-42-27(37)14-13-24(19-23-15-17-33-28(23)38)34-30(40)26(18-21(2)3)35-29(39)25(12-8-9-16-32)36-31(41)43-20-22-10-6-5-7-11-22/h5-7,10-11,13-14,21,23-26H,4,8-9,12,15-20,32H2,1-3H3,(H,33,38)(H,34,40)(H,35,39)(H,36,41)/t23?,24-,25?,26+/m1/s1. The van der Waals surface area contributed by atoms with Crippen molar-refractivity contribution in [2.75, 3.05) is 19.7 Å². The van der Waals surface area contributed by atoms with Gasteiger partial charge in [0.1, 0.15) is 18.7 Å². The molecule has 0 spiro atoms. The van der Waals surface area contributed by atoms with E-state index in [1.807, 2.05) is 44.2 Å². The van der Waals surface area contributed by atoms with Crippen molar-refractivity contribution in [3.8, 4) is 0 Å². The van der Waals surface area contributed by atoms with Crippen LogP contribution < -0.4 is 27.0 Å². The Kier molecular flexibility index (Phi) is 15.8. The molecular formula is C31H47N5O7. The highest BCUT2D eigenvalue weighted by atomic mass is 16.5. The molecule has 1 saturated heterocycles. The number of amides is 4. The molecule has 4 atom stereocenters. The fourth-order valence-electron chi connectivity index (χ4n) is 4.67. The highest BCUT2D eigenvalue weighted by Crippen LogP contribution is 2.17. The number of carbonyl (C=O) groups excluding carboxylic acids is 5. The summed E-state index contributed by atoms with van der Waals surface area (Å²) in [7, 11) is 0. The molecule has 12 heteroatoms. The van der Waals surface area contributed by atoms with Crippen LogP contribution in [-0.4, -0.2) is 67.6 Å². The monoisotopic (exact) mass is 601 g/mol. The number of hydrogen-bond acceptors (Lipinski definition) is 8. The second-order valence-corrected chi connectivity index (χ2v) is 11.0. The molecule has 0 aromatic heterocycles. The summed E-state index contributed by atoms with van der Waals surface area (Å²) < 4.78 is 10.3.